The van der Waals surface area contributed by atoms with Gasteiger partial charge in [-0.1, -0.05) is 42.5 Å². The van der Waals surface area contributed by atoms with Crippen LogP contribution in [0, 0.1) is 0 Å². The molecular formula is C18H23NO2. The van der Waals surface area contributed by atoms with E-state index >= 15 is 0 Å². The summed E-state index contributed by atoms with van der Waals surface area (Å²) in [4.78, 5) is 2.22. The first-order chi connectivity index (χ1) is 10.2. The molecule has 0 radical (unpaired) electrons. The van der Waals surface area contributed by atoms with Gasteiger partial charge in [-0.05, 0) is 36.7 Å². The van der Waals surface area contributed by atoms with Crippen molar-refractivity contribution in [2.24, 2.45) is 0 Å². The molecule has 0 heterocycles. The van der Waals surface area contributed by atoms with Crippen molar-refractivity contribution in [3.05, 3.63) is 65.7 Å². The Labute approximate surface area is 126 Å². The Morgan fingerprint density at radius 3 is 2.57 bits per heavy atom. The van der Waals surface area contributed by atoms with Crippen molar-refractivity contribution in [3.8, 4) is 5.75 Å². The standard InChI is InChI=1S/C18H23NO2/c1-19(14-15-7-4-3-5-8-15)12-11-18(20)16-9-6-10-17(13-16)21-2/h3-10,13,18,20H,11-12,14H2,1-2H3/t18-/m1/s1. The van der Waals surface area contributed by atoms with Crippen LogP contribution in [0.3, 0.4) is 0 Å². The Hall–Kier alpha value is -1.84. The third-order valence-electron chi connectivity index (χ3n) is 3.56. The van der Waals surface area contributed by atoms with Crippen LogP contribution in [0.4, 0.5) is 0 Å². The van der Waals surface area contributed by atoms with Crippen LogP contribution in [0.1, 0.15) is 23.7 Å². The SMILES string of the molecule is COc1cccc([C@H](O)CCN(C)Cc2ccccc2)c1. The molecule has 0 aliphatic carbocycles. The Balaban J connectivity index is 1.84. The smallest absolute Gasteiger partial charge is 0.119 e. The predicted molar refractivity (Wildman–Crippen MR) is 85.3 cm³/mol. The van der Waals surface area contributed by atoms with Gasteiger partial charge in [-0.2, -0.15) is 0 Å². The number of aliphatic hydroxyl groups excluding tert-OH is 1. The molecule has 0 saturated heterocycles. The molecule has 0 aromatic heterocycles. The summed E-state index contributed by atoms with van der Waals surface area (Å²) in [6, 6.07) is 18.0. The molecule has 2 aromatic rings. The molecule has 0 bridgehead atoms. The van der Waals surface area contributed by atoms with Crippen molar-refractivity contribution in [3.63, 3.8) is 0 Å². The topological polar surface area (TPSA) is 32.7 Å². The summed E-state index contributed by atoms with van der Waals surface area (Å²) < 4.78 is 5.19. The number of aliphatic hydroxyl groups is 1. The molecule has 0 saturated carbocycles. The van der Waals surface area contributed by atoms with E-state index in [1.54, 1.807) is 7.11 Å². The maximum absolute atomic E-state index is 10.3. The zero-order valence-electron chi connectivity index (χ0n) is 12.7. The van der Waals surface area contributed by atoms with Crippen molar-refractivity contribution in [1.29, 1.82) is 0 Å². The normalized spacial score (nSPS) is 12.4. The second-order valence-electron chi connectivity index (χ2n) is 5.30. The zero-order valence-corrected chi connectivity index (χ0v) is 12.7. The highest BCUT2D eigenvalue weighted by Gasteiger charge is 2.10. The van der Waals surface area contributed by atoms with Gasteiger partial charge in [0.1, 0.15) is 5.75 Å². The van der Waals surface area contributed by atoms with E-state index in [1.807, 2.05) is 42.5 Å². The van der Waals surface area contributed by atoms with Crippen molar-refractivity contribution in [2.75, 3.05) is 20.7 Å². The monoisotopic (exact) mass is 285 g/mol. The third-order valence-corrected chi connectivity index (χ3v) is 3.56. The van der Waals surface area contributed by atoms with Crippen molar-refractivity contribution in [2.45, 2.75) is 19.1 Å². The van der Waals surface area contributed by atoms with Crippen LogP contribution < -0.4 is 4.74 Å². The van der Waals surface area contributed by atoms with Crippen molar-refractivity contribution < 1.29 is 9.84 Å². The van der Waals surface area contributed by atoms with Gasteiger partial charge < -0.3 is 14.7 Å². The molecule has 0 unspecified atom stereocenters. The average Bonchev–Trinajstić information content (AvgIpc) is 2.53. The van der Waals surface area contributed by atoms with E-state index in [0.29, 0.717) is 6.42 Å². The summed E-state index contributed by atoms with van der Waals surface area (Å²) in [5.74, 6) is 0.782. The van der Waals surface area contributed by atoms with Gasteiger partial charge in [0.05, 0.1) is 13.2 Å². The van der Waals surface area contributed by atoms with Crippen LogP contribution >= 0.6 is 0 Å². The molecule has 2 aromatic carbocycles. The molecule has 1 atom stereocenters. The number of nitrogens with zero attached hydrogens (tertiary/aromatic N) is 1. The van der Waals surface area contributed by atoms with Gasteiger partial charge >= 0.3 is 0 Å². The minimum atomic E-state index is -0.460. The van der Waals surface area contributed by atoms with Crippen LogP contribution in [0.15, 0.2) is 54.6 Å². The van der Waals surface area contributed by atoms with Gasteiger partial charge in [-0.25, -0.2) is 0 Å². The fourth-order valence-electron chi connectivity index (χ4n) is 2.33. The van der Waals surface area contributed by atoms with E-state index < -0.39 is 6.10 Å². The molecule has 0 aliphatic rings. The summed E-state index contributed by atoms with van der Waals surface area (Å²) >= 11 is 0. The Kier molecular flexibility index (Phi) is 5.78. The highest BCUT2D eigenvalue weighted by molar-refractivity contribution is 5.29. The fraction of sp³-hybridized carbons (Fsp3) is 0.333. The number of hydrogen-bond acceptors (Lipinski definition) is 3. The largest absolute Gasteiger partial charge is 0.497 e. The Morgan fingerprint density at radius 2 is 1.86 bits per heavy atom. The zero-order chi connectivity index (χ0) is 15.1. The van der Waals surface area contributed by atoms with E-state index in [1.165, 1.54) is 5.56 Å². The first-order valence-electron chi connectivity index (χ1n) is 7.23. The Bertz CT molecular complexity index is 542. The van der Waals surface area contributed by atoms with E-state index in [4.69, 9.17) is 4.74 Å². The molecular weight excluding hydrogens is 262 g/mol. The third kappa shape index (κ3) is 4.88. The molecule has 0 fully saturated rings. The number of benzene rings is 2. The lowest BCUT2D eigenvalue weighted by molar-refractivity contribution is 0.147. The summed E-state index contributed by atoms with van der Waals surface area (Å²) in [6.45, 7) is 1.74. The van der Waals surface area contributed by atoms with Crippen LogP contribution in [0.5, 0.6) is 5.75 Å². The molecule has 2 rings (SSSR count). The van der Waals surface area contributed by atoms with Crippen LogP contribution in [-0.4, -0.2) is 30.7 Å². The van der Waals surface area contributed by atoms with Crippen molar-refractivity contribution in [1.82, 2.24) is 4.90 Å². The molecule has 0 aliphatic heterocycles. The summed E-state index contributed by atoms with van der Waals surface area (Å²) in [5.41, 5.74) is 2.19. The maximum Gasteiger partial charge on any atom is 0.119 e. The number of hydrogen-bond donors (Lipinski definition) is 1. The van der Waals surface area contributed by atoms with Crippen LogP contribution in [-0.2, 0) is 6.54 Å². The molecule has 1 N–H and O–H groups in total. The van der Waals surface area contributed by atoms with Gasteiger partial charge in [-0.3, -0.25) is 0 Å². The highest BCUT2D eigenvalue weighted by Crippen LogP contribution is 2.21. The minimum Gasteiger partial charge on any atom is -0.497 e. The van der Waals surface area contributed by atoms with Gasteiger partial charge in [-0.15, -0.1) is 0 Å². The number of rotatable bonds is 7. The molecule has 3 nitrogen and oxygen atoms in total. The summed E-state index contributed by atoms with van der Waals surface area (Å²) in [5, 5.41) is 10.3. The van der Waals surface area contributed by atoms with E-state index in [9.17, 15) is 5.11 Å². The first kappa shape index (κ1) is 15.5. The first-order valence-corrected chi connectivity index (χ1v) is 7.23. The highest BCUT2D eigenvalue weighted by atomic mass is 16.5. The van der Waals surface area contributed by atoms with Crippen molar-refractivity contribution >= 4 is 0 Å². The summed E-state index contributed by atoms with van der Waals surface area (Å²) in [7, 11) is 3.71. The van der Waals surface area contributed by atoms with E-state index in [-0.39, 0.29) is 0 Å². The lowest BCUT2D eigenvalue weighted by Gasteiger charge is -2.19. The number of ether oxygens (including phenoxy) is 1. The summed E-state index contributed by atoms with van der Waals surface area (Å²) in [6.07, 6.45) is 0.245. The lowest BCUT2D eigenvalue weighted by Crippen LogP contribution is -2.20. The average molecular weight is 285 g/mol. The Morgan fingerprint density at radius 1 is 1.10 bits per heavy atom. The molecule has 21 heavy (non-hydrogen) atoms. The fourth-order valence-corrected chi connectivity index (χ4v) is 2.33. The van der Waals surface area contributed by atoms with E-state index in [0.717, 1.165) is 24.4 Å². The quantitative estimate of drug-likeness (QED) is 0.847. The minimum absolute atomic E-state index is 0.460. The van der Waals surface area contributed by atoms with Gasteiger partial charge in [0.2, 0.25) is 0 Å². The van der Waals surface area contributed by atoms with Crippen LogP contribution in [0.2, 0.25) is 0 Å². The van der Waals surface area contributed by atoms with Gasteiger partial charge in [0.15, 0.2) is 0 Å². The molecule has 0 amide bonds. The van der Waals surface area contributed by atoms with Crippen LogP contribution in [0.25, 0.3) is 0 Å². The van der Waals surface area contributed by atoms with Gasteiger partial charge in [0, 0.05) is 13.1 Å². The predicted octanol–water partition coefficient (Wildman–Crippen LogP) is 3.25. The van der Waals surface area contributed by atoms with E-state index in [2.05, 4.69) is 24.1 Å². The lowest BCUT2D eigenvalue weighted by atomic mass is 10.1. The molecule has 3 heteroatoms. The second kappa shape index (κ2) is 7.81. The van der Waals surface area contributed by atoms with Gasteiger partial charge in [0.25, 0.3) is 0 Å². The maximum atomic E-state index is 10.3. The number of methoxy groups -OCH3 is 1. The second-order valence-corrected chi connectivity index (χ2v) is 5.30. The molecule has 0 spiro atoms. The molecule has 112 valence electrons.